The number of nitrogens with zero attached hydrogens (tertiary/aromatic N) is 2. The van der Waals surface area contributed by atoms with Gasteiger partial charge in [0.25, 0.3) is 0 Å². The lowest BCUT2D eigenvalue weighted by atomic mass is 9.49. The van der Waals surface area contributed by atoms with Gasteiger partial charge in [-0.15, -0.1) is 0 Å². The molecule has 35 heavy (non-hydrogen) atoms. The molecule has 6 heteroatoms. The van der Waals surface area contributed by atoms with Crippen LogP contribution in [0.4, 0.5) is 4.39 Å². The summed E-state index contributed by atoms with van der Waals surface area (Å²) in [7, 11) is 0. The van der Waals surface area contributed by atoms with E-state index in [1.807, 2.05) is 0 Å². The van der Waals surface area contributed by atoms with Gasteiger partial charge in [-0.1, -0.05) is 6.07 Å². The van der Waals surface area contributed by atoms with Gasteiger partial charge in [-0.05, 0) is 85.9 Å². The summed E-state index contributed by atoms with van der Waals surface area (Å²) in [6.07, 6.45) is 6.12. The Kier molecular flexibility index (Phi) is 3.38. The Morgan fingerprint density at radius 1 is 1.14 bits per heavy atom. The number of aromatic nitrogens is 1. The number of benzene rings is 2. The molecule has 2 N–H and O–H groups in total. The van der Waals surface area contributed by atoms with Gasteiger partial charge in [0.05, 0.1) is 22.2 Å². The lowest BCUT2D eigenvalue weighted by Crippen LogP contribution is -2.74. The molecule has 1 aromatic heterocycles. The lowest BCUT2D eigenvalue weighted by Gasteiger charge is -2.63. The highest BCUT2D eigenvalue weighted by Crippen LogP contribution is 2.69. The van der Waals surface area contributed by atoms with Crippen molar-refractivity contribution in [3.63, 3.8) is 0 Å². The van der Waals surface area contributed by atoms with Crippen molar-refractivity contribution < 1.29 is 19.3 Å². The molecule has 4 heterocycles. The number of aliphatic hydroxyl groups is 1. The van der Waals surface area contributed by atoms with E-state index in [9.17, 15) is 14.6 Å². The number of phenols is 1. The van der Waals surface area contributed by atoms with Crippen LogP contribution in [0.15, 0.2) is 24.3 Å². The van der Waals surface area contributed by atoms with Crippen molar-refractivity contribution in [2.45, 2.75) is 74.7 Å². The van der Waals surface area contributed by atoms with Crippen LogP contribution >= 0.6 is 0 Å². The van der Waals surface area contributed by atoms with Crippen molar-refractivity contribution in [1.82, 2.24) is 9.47 Å². The molecule has 1 saturated carbocycles. The standard InChI is InChI=1S/C29H29FN2O3/c30-18-10-17-2-1-8-32-24(17)19(12-18)20-13-29(34)22-11-16-5-6-21(33)26-23(16)28(29,27(35-26)25(20)32)7-9-31(22)14-15-3-4-15/h5-6,10,12,15,22,27,33-34H,1-4,7-9,11,13-14H2/t22-,27-,28?,29+/m0/s1. The third kappa shape index (κ3) is 2.12. The quantitative estimate of drug-likeness (QED) is 0.589. The normalized spacial score (nSPS) is 34.0. The summed E-state index contributed by atoms with van der Waals surface area (Å²) in [5.41, 5.74) is 4.98. The zero-order valence-corrected chi connectivity index (χ0v) is 19.7. The highest BCUT2D eigenvalue weighted by atomic mass is 19.1. The van der Waals surface area contributed by atoms with E-state index in [4.69, 9.17) is 4.74 Å². The Labute approximate surface area is 203 Å². The van der Waals surface area contributed by atoms with E-state index < -0.39 is 11.0 Å². The molecular weight excluding hydrogens is 443 g/mol. The first-order valence-electron chi connectivity index (χ1n) is 13.3. The second-order valence-corrected chi connectivity index (χ2v) is 12.0. The average molecular weight is 473 g/mol. The van der Waals surface area contributed by atoms with E-state index >= 15 is 0 Å². The molecule has 2 aromatic carbocycles. The molecule has 9 rings (SSSR count). The average Bonchev–Trinajstić information content (AvgIpc) is 3.50. The third-order valence-corrected chi connectivity index (χ3v) is 10.4. The van der Waals surface area contributed by atoms with Crippen LogP contribution in [0.3, 0.4) is 0 Å². The molecule has 1 saturated heterocycles. The van der Waals surface area contributed by atoms with Gasteiger partial charge >= 0.3 is 0 Å². The minimum absolute atomic E-state index is 0.00403. The summed E-state index contributed by atoms with van der Waals surface area (Å²) in [5, 5.41) is 24.8. The Morgan fingerprint density at radius 2 is 2.03 bits per heavy atom. The second-order valence-electron chi connectivity index (χ2n) is 12.0. The van der Waals surface area contributed by atoms with E-state index in [-0.39, 0.29) is 23.7 Å². The van der Waals surface area contributed by atoms with E-state index in [0.29, 0.717) is 12.2 Å². The number of aryl methyl sites for hydroxylation is 2. The third-order valence-electron chi connectivity index (χ3n) is 10.4. The Morgan fingerprint density at radius 3 is 2.89 bits per heavy atom. The largest absolute Gasteiger partial charge is 0.504 e. The molecule has 3 aliphatic heterocycles. The highest BCUT2D eigenvalue weighted by molar-refractivity contribution is 5.90. The zero-order valence-electron chi connectivity index (χ0n) is 19.7. The van der Waals surface area contributed by atoms with Crippen LogP contribution in [0.5, 0.6) is 11.5 Å². The Bertz CT molecular complexity index is 1470. The van der Waals surface area contributed by atoms with Gasteiger partial charge in [-0.25, -0.2) is 4.39 Å². The molecule has 0 radical (unpaired) electrons. The first-order valence-corrected chi connectivity index (χ1v) is 13.3. The van der Waals surface area contributed by atoms with Gasteiger partial charge < -0.3 is 19.5 Å². The Balaban J connectivity index is 1.36. The number of fused-ring (bicyclic) bond motifs is 4. The highest BCUT2D eigenvalue weighted by Gasteiger charge is 2.73. The van der Waals surface area contributed by atoms with Crippen molar-refractivity contribution in [1.29, 1.82) is 0 Å². The summed E-state index contributed by atoms with van der Waals surface area (Å²) in [4.78, 5) is 2.54. The summed E-state index contributed by atoms with van der Waals surface area (Å²) in [5.74, 6) is 1.27. The molecular formula is C29H29FN2O3. The molecule has 0 amide bonds. The number of rotatable bonds is 2. The lowest BCUT2D eigenvalue weighted by molar-refractivity contribution is -0.173. The number of hydrogen-bond acceptors (Lipinski definition) is 4. The predicted octanol–water partition coefficient (Wildman–Crippen LogP) is 4.13. The molecule has 5 nitrogen and oxygen atoms in total. The molecule has 2 bridgehead atoms. The first-order chi connectivity index (χ1) is 17.0. The number of likely N-dealkylation sites (tertiary alicyclic amines) is 1. The van der Waals surface area contributed by atoms with Crippen LogP contribution in [0.25, 0.3) is 10.9 Å². The van der Waals surface area contributed by atoms with Crippen molar-refractivity contribution >= 4 is 10.9 Å². The SMILES string of the molecule is Oc1ccc2c3c1O[C@H]1c4c(c5cc(F)cc6c5n4CCC6)C[C@@]4(O)[C@H](C2)N(CC2CC2)CCC314. The van der Waals surface area contributed by atoms with Crippen molar-refractivity contribution in [2.75, 3.05) is 13.1 Å². The minimum atomic E-state index is -1.02. The van der Waals surface area contributed by atoms with E-state index in [1.54, 1.807) is 18.2 Å². The van der Waals surface area contributed by atoms with E-state index in [0.717, 1.165) is 84.5 Å². The summed E-state index contributed by atoms with van der Waals surface area (Å²) >= 11 is 0. The van der Waals surface area contributed by atoms with Crippen LogP contribution in [-0.4, -0.2) is 44.4 Å². The van der Waals surface area contributed by atoms with Gasteiger partial charge in [0.15, 0.2) is 17.6 Å². The van der Waals surface area contributed by atoms with Crippen molar-refractivity contribution in [3.8, 4) is 11.5 Å². The zero-order chi connectivity index (χ0) is 23.3. The molecule has 4 atom stereocenters. The number of phenolic OH excluding ortho intramolecular Hbond substituents is 1. The van der Waals surface area contributed by atoms with Gasteiger partial charge in [0, 0.05) is 36.5 Å². The van der Waals surface area contributed by atoms with Crippen LogP contribution in [0.1, 0.15) is 59.7 Å². The van der Waals surface area contributed by atoms with Gasteiger partial charge in [-0.3, -0.25) is 4.90 Å². The fourth-order valence-corrected chi connectivity index (χ4v) is 8.88. The number of halogens is 1. The monoisotopic (exact) mass is 472 g/mol. The van der Waals surface area contributed by atoms with Gasteiger partial charge in [-0.2, -0.15) is 0 Å². The fourth-order valence-electron chi connectivity index (χ4n) is 8.88. The first kappa shape index (κ1) is 19.6. The number of piperidine rings is 1. The summed E-state index contributed by atoms with van der Waals surface area (Å²) < 4.78 is 23.9. The maximum Gasteiger partial charge on any atom is 0.166 e. The predicted molar refractivity (Wildman–Crippen MR) is 128 cm³/mol. The molecule has 1 unspecified atom stereocenters. The topological polar surface area (TPSA) is 57.9 Å². The Hall–Kier alpha value is -2.57. The molecule has 2 fully saturated rings. The molecule has 3 aromatic rings. The summed E-state index contributed by atoms with van der Waals surface area (Å²) in [6.45, 7) is 2.86. The molecule has 180 valence electrons. The number of hydrogen-bond donors (Lipinski definition) is 2. The van der Waals surface area contributed by atoms with E-state index in [1.165, 1.54) is 18.4 Å². The van der Waals surface area contributed by atoms with Crippen molar-refractivity contribution in [2.24, 2.45) is 5.92 Å². The second kappa shape index (κ2) is 6.04. The van der Waals surface area contributed by atoms with Crippen LogP contribution in [0, 0.1) is 11.7 Å². The number of aromatic hydroxyl groups is 1. The van der Waals surface area contributed by atoms with Crippen LogP contribution < -0.4 is 4.74 Å². The van der Waals surface area contributed by atoms with Gasteiger partial charge in [0.2, 0.25) is 0 Å². The molecule has 1 spiro atoms. The van der Waals surface area contributed by atoms with Crippen molar-refractivity contribution in [3.05, 3.63) is 58.0 Å². The maximum atomic E-state index is 14.8. The maximum absolute atomic E-state index is 14.8. The minimum Gasteiger partial charge on any atom is -0.504 e. The molecule has 6 aliphatic rings. The van der Waals surface area contributed by atoms with Gasteiger partial charge in [0.1, 0.15) is 5.82 Å². The number of ether oxygens (including phenoxy) is 1. The summed E-state index contributed by atoms with van der Waals surface area (Å²) in [6, 6.07) is 7.17. The smallest absolute Gasteiger partial charge is 0.166 e. The fraction of sp³-hybridized carbons (Fsp3) is 0.517. The molecule has 3 aliphatic carbocycles. The van der Waals surface area contributed by atoms with Crippen LogP contribution in [-0.2, 0) is 31.2 Å². The van der Waals surface area contributed by atoms with E-state index in [2.05, 4.69) is 15.5 Å². The van der Waals surface area contributed by atoms with Crippen LogP contribution in [0.2, 0.25) is 0 Å².